The summed E-state index contributed by atoms with van der Waals surface area (Å²) < 4.78 is 17.4. The van der Waals surface area contributed by atoms with E-state index in [0.717, 1.165) is 11.3 Å². The van der Waals surface area contributed by atoms with Crippen molar-refractivity contribution >= 4 is 11.8 Å². The molecule has 3 N–H and O–H groups in total. The van der Waals surface area contributed by atoms with Crippen molar-refractivity contribution in [2.45, 2.75) is 0 Å². The van der Waals surface area contributed by atoms with Gasteiger partial charge in [-0.1, -0.05) is 0 Å². The maximum atomic E-state index is 11.9. The predicted octanol–water partition coefficient (Wildman–Crippen LogP) is 2.63. The molecule has 130 valence electrons. The van der Waals surface area contributed by atoms with Crippen LogP contribution in [0.15, 0.2) is 53.3 Å². The summed E-state index contributed by atoms with van der Waals surface area (Å²) in [6.45, 7) is 0.790. The van der Waals surface area contributed by atoms with Crippen molar-refractivity contribution in [1.82, 2.24) is 9.78 Å². The minimum absolute atomic E-state index is 0.118. The fourth-order valence-electron chi connectivity index (χ4n) is 2.30. The maximum absolute atomic E-state index is 11.9. The van der Waals surface area contributed by atoms with E-state index in [1.165, 1.54) is 6.26 Å². The van der Waals surface area contributed by atoms with E-state index in [-0.39, 0.29) is 5.95 Å². The molecule has 25 heavy (non-hydrogen) atoms. The fourth-order valence-corrected chi connectivity index (χ4v) is 2.30. The molecule has 0 radical (unpaired) electrons. The van der Waals surface area contributed by atoms with Gasteiger partial charge in [-0.05, 0) is 30.3 Å². The number of carbonyl (C=O) groups is 1. The number of nitrogens with zero attached hydrogens (tertiary/aromatic N) is 2. The zero-order valence-corrected chi connectivity index (χ0v) is 13.6. The SMILES string of the molecule is Cn1nccc1-c1cc(NC(=O)Oc2ccco2)ccc1OCCN. The summed E-state index contributed by atoms with van der Waals surface area (Å²) in [5.74, 6) is 0.770. The smallest absolute Gasteiger partial charge is 0.419 e. The number of aromatic nitrogens is 2. The van der Waals surface area contributed by atoms with Gasteiger partial charge < -0.3 is 19.6 Å². The zero-order chi connectivity index (χ0) is 17.6. The third-order valence-corrected chi connectivity index (χ3v) is 3.39. The number of nitrogens with two attached hydrogens (primary N) is 1. The van der Waals surface area contributed by atoms with Gasteiger partial charge in [-0.2, -0.15) is 5.10 Å². The van der Waals surface area contributed by atoms with Gasteiger partial charge in [0.15, 0.2) is 0 Å². The highest BCUT2D eigenvalue weighted by Gasteiger charge is 2.13. The third kappa shape index (κ3) is 3.99. The number of nitrogens with one attached hydrogen (secondary N) is 1. The predicted molar refractivity (Wildman–Crippen MR) is 91.5 cm³/mol. The number of hydrogen-bond donors (Lipinski definition) is 2. The summed E-state index contributed by atoms with van der Waals surface area (Å²) in [7, 11) is 1.83. The van der Waals surface area contributed by atoms with Gasteiger partial charge in [-0.3, -0.25) is 10.00 Å². The Morgan fingerprint density at radius 1 is 1.36 bits per heavy atom. The molecular formula is C17H18N4O4. The highest BCUT2D eigenvalue weighted by Crippen LogP contribution is 2.32. The number of benzene rings is 1. The van der Waals surface area contributed by atoms with Crippen LogP contribution in [0.5, 0.6) is 11.7 Å². The van der Waals surface area contributed by atoms with Crippen LogP contribution in [0, 0.1) is 0 Å². The number of aryl methyl sites for hydroxylation is 1. The summed E-state index contributed by atoms with van der Waals surface area (Å²) in [5, 5.41) is 6.82. The molecule has 0 aliphatic carbocycles. The van der Waals surface area contributed by atoms with Crippen LogP contribution in [0.1, 0.15) is 0 Å². The van der Waals surface area contributed by atoms with Gasteiger partial charge in [0, 0.05) is 37.1 Å². The van der Waals surface area contributed by atoms with Crippen LogP contribution >= 0.6 is 0 Å². The van der Waals surface area contributed by atoms with Crippen molar-refractivity contribution in [3.63, 3.8) is 0 Å². The molecule has 1 aromatic carbocycles. The summed E-state index contributed by atoms with van der Waals surface area (Å²) in [5.41, 5.74) is 7.68. The summed E-state index contributed by atoms with van der Waals surface area (Å²) >= 11 is 0. The van der Waals surface area contributed by atoms with Crippen LogP contribution in [-0.2, 0) is 7.05 Å². The van der Waals surface area contributed by atoms with Crippen LogP contribution in [0.25, 0.3) is 11.3 Å². The van der Waals surface area contributed by atoms with Gasteiger partial charge in [0.2, 0.25) is 0 Å². The molecule has 3 aromatic rings. The third-order valence-electron chi connectivity index (χ3n) is 3.39. The Hall–Kier alpha value is -3.26. The van der Waals surface area contributed by atoms with E-state index >= 15 is 0 Å². The number of anilines is 1. The van der Waals surface area contributed by atoms with Gasteiger partial charge in [0.25, 0.3) is 5.95 Å². The van der Waals surface area contributed by atoms with Gasteiger partial charge in [-0.25, -0.2) is 4.79 Å². The lowest BCUT2D eigenvalue weighted by Gasteiger charge is -2.13. The van der Waals surface area contributed by atoms with Crippen LogP contribution in [0.2, 0.25) is 0 Å². The van der Waals surface area contributed by atoms with Crippen molar-refractivity contribution in [1.29, 1.82) is 0 Å². The fraction of sp³-hybridized carbons (Fsp3) is 0.176. The molecule has 0 atom stereocenters. The van der Waals surface area contributed by atoms with E-state index in [0.29, 0.717) is 24.6 Å². The highest BCUT2D eigenvalue weighted by atomic mass is 16.6. The van der Waals surface area contributed by atoms with E-state index in [1.54, 1.807) is 41.2 Å². The average molecular weight is 342 g/mol. The second kappa shape index (κ2) is 7.54. The summed E-state index contributed by atoms with van der Waals surface area (Å²) in [6, 6.07) is 10.3. The average Bonchev–Trinajstić information content (AvgIpc) is 3.25. The van der Waals surface area contributed by atoms with E-state index in [4.69, 9.17) is 19.6 Å². The molecule has 1 amide bonds. The largest absolute Gasteiger partial charge is 0.492 e. The first-order valence-electron chi connectivity index (χ1n) is 7.65. The molecule has 2 aromatic heterocycles. The van der Waals surface area contributed by atoms with E-state index in [1.807, 2.05) is 13.1 Å². The van der Waals surface area contributed by atoms with Crippen LogP contribution in [-0.4, -0.2) is 29.0 Å². The van der Waals surface area contributed by atoms with Gasteiger partial charge in [-0.15, -0.1) is 0 Å². The Bertz CT molecular complexity index is 842. The second-order valence-corrected chi connectivity index (χ2v) is 5.13. The Balaban J connectivity index is 1.83. The Morgan fingerprint density at radius 2 is 2.24 bits per heavy atom. The normalized spacial score (nSPS) is 10.5. The minimum Gasteiger partial charge on any atom is -0.492 e. The lowest BCUT2D eigenvalue weighted by atomic mass is 10.1. The molecule has 0 saturated carbocycles. The molecule has 0 fully saturated rings. The summed E-state index contributed by atoms with van der Waals surface area (Å²) in [4.78, 5) is 11.9. The number of rotatable bonds is 6. The maximum Gasteiger partial charge on any atom is 0.419 e. The van der Waals surface area contributed by atoms with Crippen molar-refractivity contribution in [3.8, 4) is 23.0 Å². The summed E-state index contributed by atoms with van der Waals surface area (Å²) in [6.07, 6.45) is 2.46. The van der Waals surface area contributed by atoms with Crippen LogP contribution < -0.4 is 20.5 Å². The number of furan rings is 1. The van der Waals surface area contributed by atoms with Crippen molar-refractivity contribution in [3.05, 3.63) is 48.9 Å². The van der Waals surface area contributed by atoms with E-state index in [2.05, 4.69) is 10.4 Å². The van der Waals surface area contributed by atoms with Crippen molar-refractivity contribution in [2.24, 2.45) is 12.8 Å². The van der Waals surface area contributed by atoms with Gasteiger partial charge >= 0.3 is 6.09 Å². The number of ether oxygens (including phenoxy) is 2. The molecule has 8 nitrogen and oxygen atoms in total. The molecule has 8 heteroatoms. The molecule has 0 aliphatic heterocycles. The lowest BCUT2D eigenvalue weighted by Crippen LogP contribution is -2.16. The Kier molecular flexibility index (Phi) is 5.00. The first-order chi connectivity index (χ1) is 12.2. The van der Waals surface area contributed by atoms with Gasteiger partial charge in [0.1, 0.15) is 12.4 Å². The molecular weight excluding hydrogens is 324 g/mol. The first kappa shape index (κ1) is 16.6. The number of amides is 1. The molecule has 0 saturated heterocycles. The monoisotopic (exact) mass is 342 g/mol. The highest BCUT2D eigenvalue weighted by molar-refractivity contribution is 5.87. The molecule has 3 rings (SSSR count). The Labute approximate surface area is 144 Å². The van der Waals surface area contributed by atoms with Gasteiger partial charge in [0.05, 0.1) is 12.0 Å². The molecule has 0 aliphatic rings. The minimum atomic E-state index is -0.651. The molecule has 0 spiro atoms. The number of carbonyl (C=O) groups excluding carboxylic acids is 1. The van der Waals surface area contributed by atoms with E-state index in [9.17, 15) is 4.79 Å². The molecule has 0 bridgehead atoms. The van der Waals surface area contributed by atoms with E-state index < -0.39 is 6.09 Å². The molecule has 2 heterocycles. The Morgan fingerprint density at radius 3 is 2.92 bits per heavy atom. The van der Waals surface area contributed by atoms with Crippen LogP contribution in [0.3, 0.4) is 0 Å². The number of hydrogen-bond acceptors (Lipinski definition) is 6. The second-order valence-electron chi connectivity index (χ2n) is 5.13. The first-order valence-corrected chi connectivity index (χ1v) is 7.65. The molecule has 0 unspecified atom stereocenters. The van der Waals surface area contributed by atoms with Crippen molar-refractivity contribution in [2.75, 3.05) is 18.5 Å². The van der Waals surface area contributed by atoms with Crippen molar-refractivity contribution < 1.29 is 18.7 Å². The lowest BCUT2D eigenvalue weighted by molar-refractivity contribution is 0.202. The van der Waals surface area contributed by atoms with Crippen LogP contribution in [0.4, 0.5) is 10.5 Å². The zero-order valence-electron chi connectivity index (χ0n) is 13.6. The standard InChI is InChI=1S/C17H18N4O4/c1-21-14(6-8-19-21)13-11-12(4-5-15(13)23-10-7-18)20-17(22)25-16-3-2-9-24-16/h2-6,8-9,11H,7,10,18H2,1H3,(H,20,22). The topological polar surface area (TPSA) is 105 Å². The quantitative estimate of drug-likeness (QED) is 0.713.